The summed E-state index contributed by atoms with van der Waals surface area (Å²) in [7, 11) is -17.5. The van der Waals surface area contributed by atoms with Crippen LogP contribution in [0.25, 0.3) is 0 Å². The summed E-state index contributed by atoms with van der Waals surface area (Å²) < 4.78 is 129. The largest absolute Gasteiger partial charge is 0.447 e. The average Bonchev–Trinajstić information content (AvgIpc) is 2.34. The minimum Gasteiger partial charge on any atom is -0.281 e. The Labute approximate surface area is 149 Å². The molecule has 0 heterocycles. The van der Waals surface area contributed by atoms with E-state index in [2.05, 4.69) is 0 Å². The summed E-state index contributed by atoms with van der Waals surface area (Å²) in [6, 6.07) is 0.689. The van der Waals surface area contributed by atoms with Gasteiger partial charge in [-0.2, -0.15) is 26.0 Å². The Morgan fingerprint density at radius 3 is 1.52 bits per heavy atom. The summed E-state index contributed by atoms with van der Waals surface area (Å²) in [5.41, 5.74) is 0. The molecular weight excluding hydrogens is 463 g/mol. The molecule has 0 aromatic heterocycles. The van der Waals surface area contributed by atoms with Gasteiger partial charge in [0.2, 0.25) is 0 Å². The second kappa shape index (κ2) is 6.20. The number of rotatable bonds is 5. The molecule has 0 fully saturated rings. The maximum Gasteiger partial charge on any atom is 0.447 e. The van der Waals surface area contributed by atoms with E-state index < -0.39 is 60.1 Å². The van der Waals surface area contributed by atoms with Crippen molar-refractivity contribution in [1.82, 2.24) is 0 Å². The molecule has 0 aliphatic heterocycles. The molecule has 1 N–H and O–H groups in total. The molecule has 0 bridgehead atoms. The first-order chi connectivity index (χ1) is 10.8. The van der Waals surface area contributed by atoms with Crippen molar-refractivity contribution in [3.63, 3.8) is 0 Å². The molecule has 144 valence electrons. The molecule has 1 rings (SSSR count). The van der Waals surface area contributed by atoms with Gasteiger partial charge < -0.3 is 0 Å². The fourth-order valence-corrected chi connectivity index (χ4v) is 5.48. The molecule has 16 heteroatoms. The molecule has 0 spiro atoms. The fourth-order valence-electron chi connectivity index (χ4n) is 1.44. The minimum absolute atomic E-state index is 0.345. The molecular formula is C9H6Cl2F4O7S3. The lowest BCUT2D eigenvalue weighted by atomic mass is 10.3. The van der Waals surface area contributed by atoms with Crippen molar-refractivity contribution in [3.8, 4) is 0 Å². The van der Waals surface area contributed by atoms with Crippen LogP contribution in [0.5, 0.6) is 0 Å². The number of sulfone groups is 2. The van der Waals surface area contributed by atoms with Crippen molar-refractivity contribution < 1.29 is 47.4 Å². The number of alkyl halides is 4. The predicted octanol–water partition coefficient (Wildman–Crippen LogP) is 2.24. The molecule has 1 aromatic rings. The van der Waals surface area contributed by atoms with Gasteiger partial charge in [-0.05, 0) is 12.1 Å². The normalized spacial score (nSPS) is 14.6. The zero-order valence-electron chi connectivity index (χ0n) is 11.5. The molecule has 0 aliphatic carbocycles. The van der Waals surface area contributed by atoms with Gasteiger partial charge in [-0.25, -0.2) is 16.8 Å². The van der Waals surface area contributed by atoms with Crippen LogP contribution in [0.1, 0.15) is 0 Å². The second-order valence-electron chi connectivity index (χ2n) is 4.50. The van der Waals surface area contributed by atoms with Crippen LogP contribution >= 0.6 is 23.2 Å². The van der Waals surface area contributed by atoms with Crippen LogP contribution in [-0.2, 0) is 29.8 Å². The third kappa shape index (κ3) is 3.60. The van der Waals surface area contributed by atoms with Gasteiger partial charge in [-0.3, -0.25) is 4.55 Å². The lowest BCUT2D eigenvalue weighted by molar-refractivity contribution is -0.101. The third-order valence-corrected chi connectivity index (χ3v) is 7.52. The van der Waals surface area contributed by atoms with Crippen LogP contribution in [0.15, 0.2) is 21.9 Å². The third-order valence-electron chi connectivity index (χ3n) is 2.67. The first-order valence-corrected chi connectivity index (χ1v) is 11.0. The quantitative estimate of drug-likeness (QED) is 0.519. The maximum absolute atomic E-state index is 13.7. The van der Waals surface area contributed by atoms with E-state index in [0.29, 0.717) is 18.4 Å². The molecule has 0 atom stereocenters. The Hall–Kier alpha value is -0.670. The van der Waals surface area contributed by atoms with Crippen LogP contribution in [0.2, 0.25) is 10.0 Å². The van der Waals surface area contributed by atoms with Gasteiger partial charge in [0.1, 0.15) is 4.90 Å². The number of benzene rings is 1. The standard InChI is InChI=1S/C9H6Cl2F4O7S3/c1-23(16,17)4-2-5(10)7(6(11)3-4)24(18,19)8(12,13)9(14,15)25(20,21)22/h2-3H,1H3,(H,20,21,22). The van der Waals surface area contributed by atoms with Crippen LogP contribution in [0, 0.1) is 0 Å². The molecule has 0 saturated carbocycles. The molecule has 0 radical (unpaired) electrons. The second-order valence-corrected chi connectivity index (χ2v) is 10.7. The Morgan fingerprint density at radius 2 is 1.24 bits per heavy atom. The van der Waals surface area contributed by atoms with Crippen molar-refractivity contribution in [1.29, 1.82) is 0 Å². The van der Waals surface area contributed by atoms with Crippen molar-refractivity contribution >= 4 is 53.0 Å². The Morgan fingerprint density at radius 1 is 0.880 bits per heavy atom. The summed E-state index contributed by atoms with van der Waals surface area (Å²) in [5.74, 6) is 0. The highest BCUT2D eigenvalue weighted by Crippen LogP contribution is 2.48. The van der Waals surface area contributed by atoms with Crippen LogP contribution in [0.3, 0.4) is 0 Å². The molecule has 0 aliphatic rings. The number of hydrogen-bond acceptors (Lipinski definition) is 6. The van der Waals surface area contributed by atoms with E-state index in [-0.39, 0.29) is 0 Å². The highest BCUT2D eigenvalue weighted by molar-refractivity contribution is 7.95. The highest BCUT2D eigenvalue weighted by Gasteiger charge is 2.73. The lowest BCUT2D eigenvalue weighted by Crippen LogP contribution is -2.51. The first kappa shape index (κ1) is 22.4. The van der Waals surface area contributed by atoms with Crippen LogP contribution in [-0.4, -0.2) is 46.6 Å². The van der Waals surface area contributed by atoms with E-state index in [1.165, 1.54) is 0 Å². The van der Waals surface area contributed by atoms with Crippen molar-refractivity contribution in [2.24, 2.45) is 0 Å². The molecule has 1 aromatic carbocycles. The zero-order valence-corrected chi connectivity index (χ0v) is 15.5. The molecule has 7 nitrogen and oxygen atoms in total. The first-order valence-electron chi connectivity index (χ1n) is 5.45. The van der Waals surface area contributed by atoms with E-state index in [1.54, 1.807) is 0 Å². The Kier molecular flexibility index (Phi) is 5.54. The molecule has 0 amide bonds. The highest BCUT2D eigenvalue weighted by atomic mass is 35.5. The van der Waals surface area contributed by atoms with Crippen molar-refractivity contribution in [2.75, 3.05) is 6.26 Å². The molecule has 0 saturated heterocycles. The summed E-state index contributed by atoms with van der Waals surface area (Å²) in [4.78, 5) is -2.55. The van der Waals surface area contributed by atoms with Gasteiger partial charge >= 0.3 is 20.6 Å². The van der Waals surface area contributed by atoms with Gasteiger partial charge in [0, 0.05) is 6.26 Å². The number of halogens is 6. The van der Waals surface area contributed by atoms with E-state index in [0.717, 1.165) is 0 Å². The van der Waals surface area contributed by atoms with Crippen molar-refractivity contribution in [3.05, 3.63) is 22.2 Å². The van der Waals surface area contributed by atoms with Crippen LogP contribution < -0.4 is 0 Å². The van der Waals surface area contributed by atoms with Crippen molar-refractivity contribution in [2.45, 2.75) is 20.3 Å². The summed E-state index contributed by atoms with van der Waals surface area (Å²) >= 11 is 10.8. The molecule has 25 heavy (non-hydrogen) atoms. The zero-order chi connectivity index (χ0) is 20.2. The van der Waals surface area contributed by atoms with E-state index >= 15 is 0 Å². The lowest BCUT2D eigenvalue weighted by Gasteiger charge is -2.24. The SMILES string of the molecule is CS(=O)(=O)c1cc(Cl)c(S(=O)(=O)C(F)(F)C(F)(F)S(=O)(=O)O)c(Cl)c1. The summed E-state index contributed by atoms with van der Waals surface area (Å²) in [5, 5.41) is -15.4. The van der Waals surface area contributed by atoms with E-state index in [9.17, 15) is 42.8 Å². The smallest absolute Gasteiger partial charge is 0.281 e. The van der Waals surface area contributed by atoms with Gasteiger partial charge in [-0.15, -0.1) is 0 Å². The monoisotopic (exact) mass is 468 g/mol. The summed E-state index contributed by atoms with van der Waals surface area (Å²) in [6.45, 7) is 0. The minimum atomic E-state index is -6.85. The predicted molar refractivity (Wildman–Crippen MR) is 78.2 cm³/mol. The van der Waals surface area contributed by atoms with Gasteiger partial charge in [0.25, 0.3) is 9.84 Å². The van der Waals surface area contributed by atoms with Gasteiger partial charge in [-0.1, -0.05) is 23.2 Å². The van der Waals surface area contributed by atoms with Gasteiger partial charge in [0.05, 0.1) is 14.9 Å². The summed E-state index contributed by atoms with van der Waals surface area (Å²) in [6.07, 6.45) is 0.629. The maximum atomic E-state index is 13.7. The van der Waals surface area contributed by atoms with Gasteiger partial charge in [0.15, 0.2) is 9.84 Å². The fraction of sp³-hybridized carbons (Fsp3) is 0.333. The average molecular weight is 469 g/mol. The van der Waals surface area contributed by atoms with Crippen LogP contribution in [0.4, 0.5) is 17.6 Å². The Balaban J connectivity index is 3.83. The molecule has 0 unspecified atom stereocenters. The number of hydrogen-bond donors (Lipinski definition) is 1. The van der Waals surface area contributed by atoms with E-state index in [4.69, 9.17) is 27.8 Å². The Bertz CT molecular complexity index is 1010. The van der Waals surface area contributed by atoms with E-state index in [1.807, 2.05) is 0 Å². The topological polar surface area (TPSA) is 123 Å².